The van der Waals surface area contributed by atoms with Gasteiger partial charge < -0.3 is 14.8 Å². The van der Waals surface area contributed by atoms with Crippen molar-refractivity contribution in [1.82, 2.24) is 0 Å². The number of unbranched alkanes of at least 4 members (excludes halogenated alkanes) is 1. The lowest BCUT2D eigenvalue weighted by Crippen LogP contribution is -2.28. The third kappa shape index (κ3) is 3.86. The number of carbonyl (C=O) groups excluding carboxylic acids is 1. The summed E-state index contributed by atoms with van der Waals surface area (Å²) in [5.74, 6) is -0.847. The molecular formula is C16H22FNO3. The monoisotopic (exact) mass is 295 g/mol. The highest BCUT2D eigenvalue weighted by molar-refractivity contribution is 5.96. The fraction of sp³-hybridized carbons (Fsp3) is 0.562. The van der Waals surface area contributed by atoms with Gasteiger partial charge in [-0.25, -0.2) is 9.18 Å². The Hall–Kier alpha value is -1.78. The smallest absolute Gasteiger partial charge is 0.340 e. The molecule has 1 aromatic rings. The van der Waals surface area contributed by atoms with Gasteiger partial charge >= 0.3 is 5.97 Å². The Labute approximate surface area is 124 Å². The molecule has 1 aromatic carbocycles. The van der Waals surface area contributed by atoms with Crippen molar-refractivity contribution in [2.75, 3.05) is 19.0 Å². The van der Waals surface area contributed by atoms with Crippen LogP contribution in [0.5, 0.6) is 5.75 Å². The van der Waals surface area contributed by atoms with Crippen LogP contribution >= 0.6 is 0 Å². The van der Waals surface area contributed by atoms with Crippen LogP contribution in [-0.2, 0) is 4.74 Å². The zero-order valence-corrected chi connectivity index (χ0v) is 12.6. The van der Waals surface area contributed by atoms with E-state index in [0.717, 1.165) is 32.1 Å². The first-order chi connectivity index (χ1) is 10.2. The largest absolute Gasteiger partial charge is 0.490 e. The Bertz CT molecular complexity index is 501. The summed E-state index contributed by atoms with van der Waals surface area (Å²) in [6, 6.07) is 3.06. The summed E-state index contributed by atoms with van der Waals surface area (Å²) in [4.78, 5) is 11.9. The van der Waals surface area contributed by atoms with E-state index < -0.39 is 11.8 Å². The van der Waals surface area contributed by atoms with E-state index in [0.29, 0.717) is 23.9 Å². The Morgan fingerprint density at radius 1 is 1.43 bits per heavy atom. The number of hydrogen-bond donors (Lipinski definition) is 1. The summed E-state index contributed by atoms with van der Waals surface area (Å²) < 4.78 is 24.3. The van der Waals surface area contributed by atoms with Crippen LogP contribution < -0.4 is 10.1 Å². The molecule has 1 aliphatic carbocycles. The predicted molar refractivity (Wildman–Crippen MR) is 79.4 cm³/mol. The van der Waals surface area contributed by atoms with Crippen LogP contribution in [-0.4, -0.2) is 25.7 Å². The van der Waals surface area contributed by atoms with Crippen LogP contribution in [0.25, 0.3) is 0 Å². The van der Waals surface area contributed by atoms with Crippen molar-refractivity contribution >= 4 is 11.7 Å². The van der Waals surface area contributed by atoms with Crippen molar-refractivity contribution in [2.24, 2.45) is 0 Å². The maximum Gasteiger partial charge on any atom is 0.340 e. The van der Waals surface area contributed by atoms with Crippen molar-refractivity contribution in [2.45, 2.75) is 45.1 Å². The van der Waals surface area contributed by atoms with E-state index in [2.05, 4.69) is 5.32 Å². The molecule has 2 rings (SSSR count). The van der Waals surface area contributed by atoms with Crippen molar-refractivity contribution in [3.63, 3.8) is 0 Å². The van der Waals surface area contributed by atoms with E-state index in [9.17, 15) is 9.18 Å². The number of methoxy groups -OCH3 is 1. The van der Waals surface area contributed by atoms with E-state index in [-0.39, 0.29) is 5.75 Å². The molecule has 0 bridgehead atoms. The minimum Gasteiger partial charge on any atom is -0.490 e. The van der Waals surface area contributed by atoms with Gasteiger partial charge in [-0.2, -0.15) is 0 Å². The molecule has 1 N–H and O–H groups in total. The molecule has 116 valence electrons. The van der Waals surface area contributed by atoms with E-state index in [1.165, 1.54) is 19.2 Å². The second-order valence-corrected chi connectivity index (χ2v) is 5.29. The zero-order chi connectivity index (χ0) is 15.2. The Balaban J connectivity index is 2.21. The summed E-state index contributed by atoms with van der Waals surface area (Å²) in [5.41, 5.74) is 0.796. The first kappa shape index (κ1) is 15.6. The third-order valence-corrected chi connectivity index (χ3v) is 3.70. The quantitative estimate of drug-likeness (QED) is 0.614. The molecule has 0 heterocycles. The maximum absolute atomic E-state index is 14.1. The van der Waals surface area contributed by atoms with Crippen molar-refractivity contribution in [3.05, 3.63) is 23.5 Å². The molecule has 0 atom stereocenters. The van der Waals surface area contributed by atoms with Gasteiger partial charge in [-0.05, 0) is 31.7 Å². The Kier molecular flexibility index (Phi) is 5.42. The fourth-order valence-electron chi connectivity index (χ4n) is 2.16. The summed E-state index contributed by atoms with van der Waals surface area (Å²) in [6.07, 6.45) is 5.04. The van der Waals surface area contributed by atoms with Crippen molar-refractivity contribution in [3.8, 4) is 5.75 Å². The first-order valence-electron chi connectivity index (χ1n) is 7.47. The lowest BCUT2D eigenvalue weighted by molar-refractivity contribution is 0.0601. The van der Waals surface area contributed by atoms with Gasteiger partial charge in [-0.3, -0.25) is 0 Å². The number of nitrogens with one attached hydrogen (secondary N) is 1. The van der Waals surface area contributed by atoms with E-state index in [1.54, 1.807) is 0 Å². The number of rotatable bonds is 7. The molecular weight excluding hydrogens is 273 g/mol. The van der Waals surface area contributed by atoms with Crippen LogP contribution in [0.3, 0.4) is 0 Å². The SMILES string of the molecule is CCCCOc1cc(C(=O)OC)c(NC2CCC2)cc1F. The van der Waals surface area contributed by atoms with Gasteiger partial charge in [0, 0.05) is 12.1 Å². The summed E-state index contributed by atoms with van der Waals surface area (Å²) in [7, 11) is 1.32. The Morgan fingerprint density at radius 2 is 2.19 bits per heavy atom. The van der Waals surface area contributed by atoms with E-state index >= 15 is 0 Å². The van der Waals surface area contributed by atoms with Crippen molar-refractivity contribution < 1.29 is 18.7 Å². The van der Waals surface area contributed by atoms with Crippen LogP contribution in [0.15, 0.2) is 12.1 Å². The molecule has 0 aliphatic heterocycles. The minimum absolute atomic E-state index is 0.100. The number of esters is 1. The average molecular weight is 295 g/mol. The van der Waals surface area contributed by atoms with Gasteiger partial charge in [0.05, 0.1) is 25.0 Å². The molecule has 1 fully saturated rings. The van der Waals surface area contributed by atoms with Gasteiger partial charge in [0.1, 0.15) is 0 Å². The number of anilines is 1. The van der Waals surface area contributed by atoms with Gasteiger partial charge in [0.15, 0.2) is 11.6 Å². The Morgan fingerprint density at radius 3 is 2.76 bits per heavy atom. The highest BCUT2D eigenvalue weighted by atomic mass is 19.1. The van der Waals surface area contributed by atoms with Crippen molar-refractivity contribution in [1.29, 1.82) is 0 Å². The number of ether oxygens (including phenoxy) is 2. The van der Waals surface area contributed by atoms with Crippen LogP contribution in [0.2, 0.25) is 0 Å². The molecule has 0 amide bonds. The predicted octanol–water partition coefficient (Wildman–Crippen LogP) is 3.76. The fourth-order valence-corrected chi connectivity index (χ4v) is 2.16. The topological polar surface area (TPSA) is 47.6 Å². The maximum atomic E-state index is 14.1. The van der Waals surface area contributed by atoms with Gasteiger partial charge in [-0.15, -0.1) is 0 Å². The molecule has 21 heavy (non-hydrogen) atoms. The molecule has 1 saturated carbocycles. The third-order valence-electron chi connectivity index (χ3n) is 3.70. The normalized spacial score (nSPS) is 14.4. The molecule has 0 spiro atoms. The summed E-state index contributed by atoms with van der Waals surface area (Å²) in [6.45, 7) is 2.47. The molecule has 0 unspecified atom stereocenters. The minimum atomic E-state index is -0.489. The van der Waals surface area contributed by atoms with Crippen LogP contribution in [0, 0.1) is 5.82 Å². The lowest BCUT2D eigenvalue weighted by Gasteiger charge is -2.28. The van der Waals surface area contributed by atoms with Gasteiger partial charge in [-0.1, -0.05) is 13.3 Å². The first-order valence-corrected chi connectivity index (χ1v) is 7.47. The number of carbonyl (C=O) groups is 1. The van der Waals surface area contributed by atoms with Gasteiger partial charge in [0.25, 0.3) is 0 Å². The second kappa shape index (κ2) is 7.29. The van der Waals surface area contributed by atoms with Crippen LogP contribution in [0.4, 0.5) is 10.1 Å². The van der Waals surface area contributed by atoms with E-state index in [1.807, 2.05) is 6.92 Å². The summed E-state index contributed by atoms with van der Waals surface area (Å²) in [5, 5.41) is 3.20. The molecule has 1 aliphatic rings. The highest BCUT2D eigenvalue weighted by Crippen LogP contribution is 2.30. The number of benzene rings is 1. The van der Waals surface area contributed by atoms with Crippen LogP contribution in [0.1, 0.15) is 49.4 Å². The van der Waals surface area contributed by atoms with E-state index in [4.69, 9.17) is 9.47 Å². The summed E-state index contributed by atoms with van der Waals surface area (Å²) >= 11 is 0. The molecule has 4 nitrogen and oxygen atoms in total. The second-order valence-electron chi connectivity index (χ2n) is 5.29. The average Bonchev–Trinajstić information content (AvgIpc) is 2.44. The van der Waals surface area contributed by atoms with Gasteiger partial charge in [0.2, 0.25) is 0 Å². The zero-order valence-electron chi connectivity index (χ0n) is 12.6. The molecule has 5 heteroatoms. The standard InChI is InChI=1S/C16H22FNO3/c1-3-4-8-21-15-9-12(16(19)20-2)14(10-13(15)17)18-11-6-5-7-11/h9-11,18H,3-8H2,1-2H3. The lowest BCUT2D eigenvalue weighted by atomic mass is 9.92. The molecule has 0 saturated heterocycles. The number of hydrogen-bond acceptors (Lipinski definition) is 4. The number of halogens is 1. The molecule has 0 aromatic heterocycles. The highest BCUT2D eigenvalue weighted by Gasteiger charge is 2.22. The molecule has 0 radical (unpaired) electrons.